The van der Waals surface area contributed by atoms with E-state index in [1.807, 2.05) is 26.8 Å². The molecule has 1 aromatic rings. The molecular formula is C12H15NO2S. The Hall–Kier alpha value is -1.31. The fourth-order valence-electron chi connectivity index (χ4n) is 1.17. The van der Waals surface area contributed by atoms with Gasteiger partial charge in [0.25, 0.3) is 5.91 Å². The van der Waals surface area contributed by atoms with Gasteiger partial charge in [-0.2, -0.15) is 0 Å². The Morgan fingerprint density at radius 2 is 2.31 bits per heavy atom. The number of hydrogen-bond donors (Lipinski definition) is 2. The van der Waals surface area contributed by atoms with E-state index < -0.39 is 0 Å². The summed E-state index contributed by atoms with van der Waals surface area (Å²) in [5.74, 6) is 5.34. The molecule has 0 unspecified atom stereocenters. The number of rotatable bonds is 2. The Kier molecular flexibility index (Phi) is 4.53. The first-order chi connectivity index (χ1) is 7.54. The molecule has 4 heteroatoms. The normalized spacial score (nSPS) is 9.81. The predicted octanol–water partition coefficient (Wildman–Crippen LogP) is 1.54. The summed E-state index contributed by atoms with van der Waals surface area (Å²) in [7, 11) is 0. The molecule has 0 saturated heterocycles. The van der Waals surface area contributed by atoms with Crippen LogP contribution in [-0.4, -0.2) is 23.7 Å². The lowest BCUT2D eigenvalue weighted by atomic mass is 10.2. The number of nitrogens with one attached hydrogen (secondary N) is 1. The standard InChI is InChI=1S/C12H15NO2S/c1-8(2)13-12(15)11-7-9(3)10(16-11)5-4-6-14/h7-8,14H,6H2,1-3H3,(H,13,15). The van der Waals surface area contributed by atoms with Crippen LogP contribution in [0.3, 0.4) is 0 Å². The second kappa shape index (κ2) is 5.69. The fraction of sp³-hybridized carbons (Fsp3) is 0.417. The van der Waals surface area contributed by atoms with Crippen molar-refractivity contribution in [3.8, 4) is 11.8 Å². The van der Waals surface area contributed by atoms with Gasteiger partial charge < -0.3 is 10.4 Å². The third kappa shape index (κ3) is 3.37. The maximum atomic E-state index is 11.7. The van der Waals surface area contributed by atoms with Crippen molar-refractivity contribution >= 4 is 17.2 Å². The minimum Gasteiger partial charge on any atom is -0.384 e. The lowest BCUT2D eigenvalue weighted by Gasteiger charge is -2.05. The van der Waals surface area contributed by atoms with E-state index in [1.54, 1.807) is 0 Å². The number of amides is 1. The number of aliphatic hydroxyl groups excluding tert-OH is 1. The van der Waals surface area contributed by atoms with Gasteiger partial charge in [-0.1, -0.05) is 11.8 Å². The van der Waals surface area contributed by atoms with Crippen molar-refractivity contribution in [3.63, 3.8) is 0 Å². The molecule has 1 rings (SSSR count). The van der Waals surface area contributed by atoms with Crippen molar-refractivity contribution in [2.24, 2.45) is 0 Å². The molecule has 0 aliphatic carbocycles. The molecule has 86 valence electrons. The van der Waals surface area contributed by atoms with Gasteiger partial charge in [-0.3, -0.25) is 4.79 Å². The van der Waals surface area contributed by atoms with Gasteiger partial charge in [-0.25, -0.2) is 0 Å². The first-order valence-electron chi connectivity index (χ1n) is 5.05. The molecule has 3 nitrogen and oxygen atoms in total. The smallest absolute Gasteiger partial charge is 0.261 e. The SMILES string of the molecule is Cc1cc(C(=O)NC(C)C)sc1C#CCO. The number of aryl methyl sites for hydroxylation is 1. The van der Waals surface area contributed by atoms with Crippen LogP contribution < -0.4 is 5.32 Å². The van der Waals surface area contributed by atoms with E-state index in [9.17, 15) is 4.79 Å². The van der Waals surface area contributed by atoms with Crippen molar-refractivity contribution in [2.45, 2.75) is 26.8 Å². The summed E-state index contributed by atoms with van der Waals surface area (Å²) in [6.07, 6.45) is 0. The minimum atomic E-state index is -0.162. The Bertz CT molecular complexity index is 438. The average molecular weight is 237 g/mol. The number of aliphatic hydroxyl groups is 1. The second-order valence-corrected chi connectivity index (χ2v) is 4.76. The molecule has 16 heavy (non-hydrogen) atoms. The van der Waals surface area contributed by atoms with E-state index in [0.29, 0.717) is 4.88 Å². The van der Waals surface area contributed by atoms with Crippen molar-refractivity contribution in [1.29, 1.82) is 0 Å². The summed E-state index contributed by atoms with van der Waals surface area (Å²) in [6.45, 7) is 5.59. The van der Waals surface area contributed by atoms with Crippen molar-refractivity contribution in [1.82, 2.24) is 5.32 Å². The van der Waals surface area contributed by atoms with Gasteiger partial charge in [0.05, 0.1) is 9.75 Å². The van der Waals surface area contributed by atoms with Gasteiger partial charge in [0.2, 0.25) is 0 Å². The van der Waals surface area contributed by atoms with Crippen LogP contribution >= 0.6 is 11.3 Å². The van der Waals surface area contributed by atoms with E-state index in [1.165, 1.54) is 11.3 Å². The van der Waals surface area contributed by atoms with Crippen molar-refractivity contribution in [3.05, 3.63) is 21.4 Å². The molecule has 1 amide bonds. The van der Waals surface area contributed by atoms with Crippen LogP contribution in [0.1, 0.15) is 34.0 Å². The first-order valence-corrected chi connectivity index (χ1v) is 5.87. The molecule has 0 fully saturated rings. The maximum Gasteiger partial charge on any atom is 0.261 e. The van der Waals surface area contributed by atoms with Crippen LogP contribution in [-0.2, 0) is 0 Å². The van der Waals surface area contributed by atoms with Crippen molar-refractivity contribution in [2.75, 3.05) is 6.61 Å². The zero-order valence-electron chi connectivity index (χ0n) is 9.63. The van der Waals surface area contributed by atoms with Gasteiger partial charge >= 0.3 is 0 Å². The topological polar surface area (TPSA) is 49.3 Å². The molecular weight excluding hydrogens is 222 g/mol. The van der Waals surface area contributed by atoms with Gasteiger partial charge in [0, 0.05) is 6.04 Å². The number of carbonyl (C=O) groups is 1. The molecule has 2 N–H and O–H groups in total. The largest absolute Gasteiger partial charge is 0.384 e. The van der Waals surface area contributed by atoms with Crippen LogP contribution in [0.4, 0.5) is 0 Å². The predicted molar refractivity (Wildman–Crippen MR) is 65.6 cm³/mol. The minimum absolute atomic E-state index is 0.0693. The quantitative estimate of drug-likeness (QED) is 0.767. The Balaban J connectivity index is 2.88. The molecule has 0 atom stereocenters. The number of hydrogen-bond acceptors (Lipinski definition) is 3. The molecule has 0 saturated carbocycles. The van der Waals surface area contributed by atoms with E-state index in [-0.39, 0.29) is 18.6 Å². The summed E-state index contributed by atoms with van der Waals surface area (Å²) in [5.41, 5.74) is 0.972. The molecule has 0 aliphatic rings. The molecule has 0 aliphatic heterocycles. The summed E-state index contributed by atoms with van der Waals surface area (Å²) in [4.78, 5) is 13.2. The van der Waals surface area contributed by atoms with Gasteiger partial charge in [0.15, 0.2) is 0 Å². The molecule has 1 heterocycles. The molecule has 0 radical (unpaired) electrons. The second-order valence-electron chi connectivity index (χ2n) is 3.71. The third-order valence-electron chi connectivity index (χ3n) is 1.84. The lowest BCUT2D eigenvalue weighted by Crippen LogP contribution is -2.29. The highest BCUT2D eigenvalue weighted by Crippen LogP contribution is 2.20. The van der Waals surface area contributed by atoms with E-state index in [0.717, 1.165) is 10.4 Å². The van der Waals surface area contributed by atoms with Crippen LogP contribution in [0.2, 0.25) is 0 Å². The summed E-state index contributed by atoms with van der Waals surface area (Å²) in [6, 6.07) is 1.95. The highest BCUT2D eigenvalue weighted by molar-refractivity contribution is 7.14. The summed E-state index contributed by atoms with van der Waals surface area (Å²) in [5, 5.41) is 11.4. The summed E-state index contributed by atoms with van der Waals surface area (Å²) >= 11 is 1.35. The summed E-state index contributed by atoms with van der Waals surface area (Å²) < 4.78 is 0. The maximum absolute atomic E-state index is 11.7. The monoisotopic (exact) mass is 237 g/mol. The van der Waals surface area contributed by atoms with E-state index in [2.05, 4.69) is 17.2 Å². The van der Waals surface area contributed by atoms with E-state index >= 15 is 0 Å². The highest BCUT2D eigenvalue weighted by atomic mass is 32.1. The Labute approximate surface area is 99.5 Å². The highest BCUT2D eigenvalue weighted by Gasteiger charge is 2.11. The van der Waals surface area contributed by atoms with Crippen LogP contribution in [0.5, 0.6) is 0 Å². The fourth-order valence-corrected chi connectivity index (χ4v) is 2.12. The molecule has 0 spiro atoms. The zero-order valence-corrected chi connectivity index (χ0v) is 10.4. The molecule has 0 bridgehead atoms. The zero-order chi connectivity index (χ0) is 12.1. The van der Waals surface area contributed by atoms with Gasteiger partial charge in [-0.15, -0.1) is 11.3 Å². The Morgan fingerprint density at radius 3 is 2.88 bits per heavy atom. The van der Waals surface area contributed by atoms with E-state index in [4.69, 9.17) is 5.11 Å². The number of carbonyl (C=O) groups excluding carboxylic acids is 1. The van der Waals surface area contributed by atoms with Crippen molar-refractivity contribution < 1.29 is 9.90 Å². The average Bonchev–Trinajstić information content (AvgIpc) is 2.56. The lowest BCUT2D eigenvalue weighted by molar-refractivity contribution is 0.0947. The van der Waals surface area contributed by atoms with Crippen LogP contribution in [0, 0.1) is 18.8 Å². The molecule has 1 aromatic heterocycles. The van der Waals surface area contributed by atoms with Gasteiger partial charge in [-0.05, 0) is 32.4 Å². The first kappa shape index (κ1) is 12.8. The third-order valence-corrected chi connectivity index (χ3v) is 2.99. The number of thiophene rings is 1. The van der Waals surface area contributed by atoms with Gasteiger partial charge in [0.1, 0.15) is 6.61 Å². The molecule has 0 aromatic carbocycles. The van der Waals surface area contributed by atoms with Crippen LogP contribution in [0.25, 0.3) is 0 Å². The van der Waals surface area contributed by atoms with Crippen LogP contribution in [0.15, 0.2) is 6.07 Å². The Morgan fingerprint density at radius 1 is 1.62 bits per heavy atom.